The number of nitrogens with one attached hydrogen (secondary N) is 1. The smallest absolute Gasteiger partial charge is 0.0670 e. The maximum Gasteiger partial charge on any atom is 0.0670 e. The minimum absolute atomic E-state index is 0.374. The standard InChI is InChI=1S/C18H27N3/c1-14(2)12-18(8-3-4-9-18)13-21-16-5-6-17(20)15(11-16)7-10-19/h5-6,11,14,21H,3-4,7-9,12-13,20H2,1-2H3. The van der Waals surface area contributed by atoms with Crippen LogP contribution in [0.5, 0.6) is 0 Å². The summed E-state index contributed by atoms with van der Waals surface area (Å²) in [5.74, 6) is 0.741. The highest BCUT2D eigenvalue weighted by atomic mass is 14.9. The van der Waals surface area contributed by atoms with Gasteiger partial charge >= 0.3 is 0 Å². The number of hydrogen-bond donors (Lipinski definition) is 2. The molecule has 1 fully saturated rings. The first-order valence-corrected chi connectivity index (χ1v) is 8.04. The van der Waals surface area contributed by atoms with E-state index >= 15 is 0 Å². The second-order valence-corrected chi connectivity index (χ2v) is 6.91. The number of nitrogen functional groups attached to an aromatic ring is 1. The summed E-state index contributed by atoms with van der Waals surface area (Å²) < 4.78 is 0. The number of nitrogens with zero attached hydrogens (tertiary/aromatic N) is 1. The molecule has 0 atom stereocenters. The summed E-state index contributed by atoms with van der Waals surface area (Å²) in [6.07, 6.45) is 7.04. The van der Waals surface area contributed by atoms with E-state index in [1.54, 1.807) is 0 Å². The maximum atomic E-state index is 8.85. The van der Waals surface area contributed by atoms with Gasteiger partial charge in [-0.25, -0.2) is 0 Å². The molecule has 0 unspecified atom stereocenters. The molecule has 1 aliphatic carbocycles. The van der Waals surface area contributed by atoms with Crippen molar-refractivity contribution in [2.45, 2.75) is 52.4 Å². The largest absolute Gasteiger partial charge is 0.398 e. The zero-order valence-corrected chi connectivity index (χ0v) is 13.3. The van der Waals surface area contributed by atoms with Crippen LogP contribution in [0.25, 0.3) is 0 Å². The predicted octanol–water partition coefficient (Wildman–Crippen LogP) is 4.35. The summed E-state index contributed by atoms with van der Waals surface area (Å²) in [4.78, 5) is 0. The first kappa shape index (κ1) is 15.7. The highest BCUT2D eigenvalue weighted by Gasteiger charge is 2.34. The Bertz CT molecular complexity index is 508. The molecule has 1 aliphatic rings. The fraction of sp³-hybridized carbons (Fsp3) is 0.611. The lowest BCUT2D eigenvalue weighted by Crippen LogP contribution is -2.28. The van der Waals surface area contributed by atoms with Crippen molar-refractivity contribution in [3.05, 3.63) is 23.8 Å². The minimum Gasteiger partial charge on any atom is -0.398 e. The summed E-state index contributed by atoms with van der Waals surface area (Å²) >= 11 is 0. The van der Waals surface area contributed by atoms with Crippen molar-refractivity contribution >= 4 is 11.4 Å². The van der Waals surface area contributed by atoms with E-state index in [4.69, 9.17) is 11.0 Å². The summed E-state index contributed by atoms with van der Waals surface area (Å²) in [5, 5.41) is 12.4. The van der Waals surface area contributed by atoms with E-state index in [-0.39, 0.29) is 0 Å². The van der Waals surface area contributed by atoms with E-state index in [0.29, 0.717) is 17.5 Å². The Labute approximate surface area is 128 Å². The third-order valence-corrected chi connectivity index (χ3v) is 4.59. The molecule has 0 amide bonds. The van der Waals surface area contributed by atoms with Gasteiger partial charge in [-0.15, -0.1) is 0 Å². The van der Waals surface area contributed by atoms with Gasteiger partial charge in [0.05, 0.1) is 12.5 Å². The molecule has 0 aliphatic heterocycles. The van der Waals surface area contributed by atoms with Crippen molar-refractivity contribution < 1.29 is 0 Å². The highest BCUT2D eigenvalue weighted by Crippen LogP contribution is 2.43. The number of rotatable bonds is 6. The molecule has 0 heterocycles. The molecule has 3 nitrogen and oxygen atoms in total. The first-order valence-electron chi connectivity index (χ1n) is 8.04. The monoisotopic (exact) mass is 285 g/mol. The van der Waals surface area contributed by atoms with E-state index < -0.39 is 0 Å². The maximum absolute atomic E-state index is 8.85. The van der Waals surface area contributed by atoms with Crippen LogP contribution in [-0.4, -0.2) is 6.54 Å². The molecule has 0 bridgehead atoms. The van der Waals surface area contributed by atoms with Gasteiger partial charge in [-0.2, -0.15) is 5.26 Å². The van der Waals surface area contributed by atoms with Crippen molar-refractivity contribution in [1.82, 2.24) is 0 Å². The molecule has 21 heavy (non-hydrogen) atoms. The molecule has 0 spiro atoms. The Balaban J connectivity index is 2.04. The van der Waals surface area contributed by atoms with E-state index in [1.165, 1.54) is 32.1 Å². The van der Waals surface area contributed by atoms with Crippen LogP contribution >= 0.6 is 0 Å². The second kappa shape index (κ2) is 6.85. The summed E-state index contributed by atoms with van der Waals surface area (Å²) in [5.41, 5.74) is 9.07. The molecule has 0 saturated heterocycles. The Hall–Kier alpha value is -1.69. The lowest BCUT2D eigenvalue weighted by molar-refractivity contribution is 0.252. The van der Waals surface area contributed by atoms with Crippen molar-refractivity contribution in [3.8, 4) is 6.07 Å². The van der Waals surface area contributed by atoms with Crippen molar-refractivity contribution in [2.24, 2.45) is 11.3 Å². The number of benzene rings is 1. The molecule has 1 aromatic rings. The average molecular weight is 285 g/mol. The van der Waals surface area contributed by atoms with E-state index in [9.17, 15) is 0 Å². The molecule has 0 radical (unpaired) electrons. The van der Waals surface area contributed by atoms with E-state index in [1.807, 2.05) is 18.2 Å². The Morgan fingerprint density at radius 2 is 2.05 bits per heavy atom. The fourth-order valence-corrected chi connectivity index (χ4v) is 3.69. The number of hydrogen-bond acceptors (Lipinski definition) is 3. The van der Waals surface area contributed by atoms with Gasteiger partial charge in [0.15, 0.2) is 0 Å². The van der Waals surface area contributed by atoms with Crippen LogP contribution in [0, 0.1) is 22.7 Å². The average Bonchev–Trinajstić information content (AvgIpc) is 2.88. The molecule has 0 aromatic heterocycles. The number of nitriles is 1. The van der Waals surface area contributed by atoms with Gasteiger partial charge in [0.2, 0.25) is 0 Å². The number of nitrogens with two attached hydrogens (primary N) is 1. The molecule has 1 saturated carbocycles. The summed E-state index contributed by atoms with van der Waals surface area (Å²) in [6, 6.07) is 8.12. The normalized spacial score (nSPS) is 16.9. The highest BCUT2D eigenvalue weighted by molar-refractivity contribution is 5.58. The van der Waals surface area contributed by atoms with Crippen LogP contribution in [0.4, 0.5) is 11.4 Å². The quantitative estimate of drug-likeness (QED) is 0.764. The Morgan fingerprint density at radius 3 is 2.67 bits per heavy atom. The van der Waals surface area contributed by atoms with Crippen molar-refractivity contribution in [3.63, 3.8) is 0 Å². The van der Waals surface area contributed by atoms with Crippen LogP contribution in [0.2, 0.25) is 0 Å². The number of anilines is 2. The van der Waals surface area contributed by atoms with Crippen LogP contribution in [0.1, 0.15) is 51.5 Å². The summed E-state index contributed by atoms with van der Waals surface area (Å²) in [6.45, 7) is 5.66. The molecular weight excluding hydrogens is 258 g/mol. The van der Waals surface area contributed by atoms with Crippen molar-refractivity contribution in [1.29, 1.82) is 5.26 Å². The topological polar surface area (TPSA) is 61.8 Å². The van der Waals surface area contributed by atoms with Gasteiger partial charge in [0.25, 0.3) is 0 Å². The lowest BCUT2D eigenvalue weighted by Gasteiger charge is -2.31. The minimum atomic E-state index is 0.374. The molecular formula is C18H27N3. The predicted molar refractivity (Wildman–Crippen MR) is 89.0 cm³/mol. The van der Waals surface area contributed by atoms with Crippen molar-refractivity contribution in [2.75, 3.05) is 17.6 Å². The van der Waals surface area contributed by atoms with Crippen LogP contribution in [0.3, 0.4) is 0 Å². The molecule has 114 valence electrons. The van der Waals surface area contributed by atoms with Gasteiger partial charge in [0.1, 0.15) is 0 Å². The van der Waals surface area contributed by atoms with Gasteiger partial charge < -0.3 is 11.1 Å². The first-order chi connectivity index (χ1) is 10.0. The molecule has 2 rings (SSSR count). The van der Waals surface area contributed by atoms with E-state index in [0.717, 1.165) is 23.7 Å². The van der Waals surface area contributed by atoms with Gasteiger partial charge in [-0.3, -0.25) is 0 Å². The van der Waals surface area contributed by atoms with Gasteiger partial charge in [-0.1, -0.05) is 26.7 Å². The molecule has 1 aromatic carbocycles. The Kier molecular flexibility index (Phi) is 5.12. The SMILES string of the molecule is CC(C)CC1(CNc2ccc(N)c(CC#N)c2)CCCC1. The summed E-state index contributed by atoms with van der Waals surface area (Å²) in [7, 11) is 0. The van der Waals surface area contributed by atoms with Crippen LogP contribution in [-0.2, 0) is 6.42 Å². The van der Waals surface area contributed by atoms with E-state index in [2.05, 4.69) is 25.2 Å². The second-order valence-electron chi connectivity index (χ2n) is 6.91. The van der Waals surface area contributed by atoms with Crippen LogP contribution < -0.4 is 11.1 Å². The molecule has 3 N–H and O–H groups in total. The molecule has 3 heteroatoms. The van der Waals surface area contributed by atoms with Gasteiger partial charge in [-0.05, 0) is 54.4 Å². The third-order valence-electron chi connectivity index (χ3n) is 4.59. The lowest BCUT2D eigenvalue weighted by atomic mass is 9.78. The zero-order chi connectivity index (χ0) is 15.3. The van der Waals surface area contributed by atoms with Gasteiger partial charge in [0, 0.05) is 17.9 Å². The zero-order valence-electron chi connectivity index (χ0n) is 13.3. The fourth-order valence-electron chi connectivity index (χ4n) is 3.69. The Morgan fingerprint density at radius 1 is 1.33 bits per heavy atom. The van der Waals surface area contributed by atoms with Crippen LogP contribution in [0.15, 0.2) is 18.2 Å². The third kappa shape index (κ3) is 4.14.